The van der Waals surface area contributed by atoms with Gasteiger partial charge in [-0.2, -0.15) is 16.7 Å². The largest absolute Gasteiger partial charge is 0.355 e. The number of aryl methyl sites for hydroxylation is 1. The van der Waals surface area contributed by atoms with E-state index < -0.39 is 0 Å². The summed E-state index contributed by atoms with van der Waals surface area (Å²) in [5.74, 6) is 9.39. The standard InChI is InChI=1S/C12H17N5S2/c1-8-7-9-10(17-3-2-5-18-6-4-17)14-12(16-13)15-11(9)19-8/h7H,2-6,13H2,1H3,(H,14,15,16). The van der Waals surface area contributed by atoms with Crippen LogP contribution in [0.15, 0.2) is 6.07 Å². The first-order valence-corrected chi connectivity index (χ1v) is 8.32. The minimum Gasteiger partial charge on any atom is -0.355 e. The second kappa shape index (κ2) is 5.52. The lowest BCUT2D eigenvalue weighted by molar-refractivity contribution is 0.804. The number of rotatable bonds is 2. The highest BCUT2D eigenvalue weighted by molar-refractivity contribution is 7.99. The highest BCUT2D eigenvalue weighted by atomic mass is 32.2. The zero-order chi connectivity index (χ0) is 13.2. The van der Waals surface area contributed by atoms with Crippen LogP contribution in [-0.4, -0.2) is 34.6 Å². The second-order valence-corrected chi connectivity index (χ2v) is 7.00. The molecule has 0 amide bonds. The van der Waals surface area contributed by atoms with Crippen molar-refractivity contribution in [1.82, 2.24) is 9.97 Å². The average molecular weight is 295 g/mol. The lowest BCUT2D eigenvalue weighted by Crippen LogP contribution is -2.27. The van der Waals surface area contributed by atoms with Crippen molar-refractivity contribution in [3.8, 4) is 0 Å². The smallest absolute Gasteiger partial charge is 0.240 e. The van der Waals surface area contributed by atoms with E-state index in [1.165, 1.54) is 17.1 Å². The van der Waals surface area contributed by atoms with Crippen molar-refractivity contribution in [2.45, 2.75) is 13.3 Å². The van der Waals surface area contributed by atoms with Crippen molar-refractivity contribution in [1.29, 1.82) is 0 Å². The number of fused-ring (bicyclic) bond motifs is 1. The van der Waals surface area contributed by atoms with Gasteiger partial charge in [0.1, 0.15) is 10.6 Å². The Morgan fingerprint density at radius 3 is 3.05 bits per heavy atom. The van der Waals surface area contributed by atoms with E-state index >= 15 is 0 Å². The minimum atomic E-state index is 0.501. The molecule has 3 rings (SSSR count). The van der Waals surface area contributed by atoms with Crippen molar-refractivity contribution in [3.63, 3.8) is 0 Å². The summed E-state index contributed by atoms with van der Waals surface area (Å²) in [6, 6.07) is 2.17. The molecule has 0 aliphatic carbocycles. The van der Waals surface area contributed by atoms with Gasteiger partial charge in [0.15, 0.2) is 0 Å². The molecular weight excluding hydrogens is 278 g/mol. The molecule has 3 N–H and O–H groups in total. The van der Waals surface area contributed by atoms with Crippen molar-refractivity contribution in [3.05, 3.63) is 10.9 Å². The summed E-state index contributed by atoms with van der Waals surface area (Å²) >= 11 is 3.70. The molecule has 0 atom stereocenters. The van der Waals surface area contributed by atoms with E-state index in [1.54, 1.807) is 11.3 Å². The van der Waals surface area contributed by atoms with Gasteiger partial charge in [-0.05, 0) is 25.2 Å². The van der Waals surface area contributed by atoms with Gasteiger partial charge in [-0.3, -0.25) is 5.43 Å². The highest BCUT2D eigenvalue weighted by Gasteiger charge is 2.17. The third-order valence-electron chi connectivity index (χ3n) is 3.15. The predicted octanol–water partition coefficient (Wildman–Crippen LogP) is 2.23. The zero-order valence-corrected chi connectivity index (χ0v) is 12.5. The van der Waals surface area contributed by atoms with Crippen molar-refractivity contribution in [2.24, 2.45) is 5.84 Å². The lowest BCUT2D eigenvalue weighted by Gasteiger charge is -2.22. The second-order valence-electron chi connectivity index (χ2n) is 4.54. The number of thioether (sulfide) groups is 1. The number of nitrogen functional groups attached to an aromatic ring is 1. The Hall–Kier alpha value is -1.05. The number of aromatic nitrogens is 2. The summed E-state index contributed by atoms with van der Waals surface area (Å²) in [6.45, 7) is 4.19. The Balaban J connectivity index is 2.08. The number of thiophene rings is 1. The molecule has 0 aromatic carbocycles. The van der Waals surface area contributed by atoms with Crippen LogP contribution < -0.4 is 16.2 Å². The molecule has 3 heterocycles. The van der Waals surface area contributed by atoms with E-state index in [0.29, 0.717) is 5.95 Å². The van der Waals surface area contributed by atoms with Crippen molar-refractivity contribution >= 4 is 45.1 Å². The SMILES string of the molecule is Cc1cc2c(N3CCCSCC3)nc(NN)nc2s1. The number of nitrogens with two attached hydrogens (primary N) is 1. The molecule has 0 bridgehead atoms. The molecule has 2 aromatic rings. The Labute approximate surface area is 120 Å². The summed E-state index contributed by atoms with van der Waals surface area (Å²) in [4.78, 5) is 13.6. The van der Waals surface area contributed by atoms with Gasteiger partial charge in [0, 0.05) is 23.7 Å². The maximum Gasteiger partial charge on any atom is 0.240 e. The molecule has 19 heavy (non-hydrogen) atoms. The van der Waals surface area contributed by atoms with Crippen LogP contribution in [-0.2, 0) is 0 Å². The van der Waals surface area contributed by atoms with Gasteiger partial charge < -0.3 is 4.90 Å². The van der Waals surface area contributed by atoms with Crippen LogP contribution >= 0.6 is 23.1 Å². The third-order valence-corrected chi connectivity index (χ3v) is 5.14. The average Bonchev–Trinajstić information content (AvgIpc) is 2.64. The molecule has 1 aliphatic heterocycles. The molecule has 0 saturated carbocycles. The molecule has 0 radical (unpaired) electrons. The van der Waals surface area contributed by atoms with Gasteiger partial charge in [0.2, 0.25) is 5.95 Å². The molecular formula is C12H17N5S2. The molecule has 5 nitrogen and oxygen atoms in total. The van der Waals surface area contributed by atoms with E-state index in [4.69, 9.17) is 5.84 Å². The summed E-state index contributed by atoms with van der Waals surface area (Å²) < 4.78 is 0. The van der Waals surface area contributed by atoms with Gasteiger partial charge in [0.25, 0.3) is 0 Å². The predicted molar refractivity (Wildman–Crippen MR) is 84.1 cm³/mol. The van der Waals surface area contributed by atoms with Crippen LogP contribution in [0.1, 0.15) is 11.3 Å². The fourth-order valence-electron chi connectivity index (χ4n) is 2.29. The number of hydrogen-bond donors (Lipinski definition) is 2. The molecule has 1 saturated heterocycles. The van der Waals surface area contributed by atoms with Gasteiger partial charge in [0.05, 0.1) is 5.39 Å². The lowest BCUT2D eigenvalue weighted by atomic mass is 10.3. The molecule has 1 fully saturated rings. The number of anilines is 2. The number of hydrazine groups is 1. The van der Waals surface area contributed by atoms with Crippen molar-refractivity contribution < 1.29 is 0 Å². The Bertz CT molecular complexity index is 575. The summed E-state index contributed by atoms with van der Waals surface area (Å²) in [6.07, 6.45) is 1.20. The zero-order valence-electron chi connectivity index (χ0n) is 10.8. The normalized spacial score (nSPS) is 16.6. The highest BCUT2D eigenvalue weighted by Crippen LogP contribution is 2.32. The third kappa shape index (κ3) is 2.63. The number of nitrogens with zero attached hydrogens (tertiary/aromatic N) is 3. The topological polar surface area (TPSA) is 67.1 Å². The van der Waals surface area contributed by atoms with Gasteiger partial charge in [-0.25, -0.2) is 10.8 Å². The van der Waals surface area contributed by atoms with Crippen LogP contribution in [0.3, 0.4) is 0 Å². The van der Waals surface area contributed by atoms with Crippen LogP contribution in [0.2, 0.25) is 0 Å². The fraction of sp³-hybridized carbons (Fsp3) is 0.500. The van der Waals surface area contributed by atoms with E-state index in [2.05, 4.69) is 33.3 Å². The molecule has 7 heteroatoms. The maximum absolute atomic E-state index is 5.48. The van der Waals surface area contributed by atoms with E-state index in [0.717, 1.165) is 34.9 Å². The first kappa shape index (κ1) is 13.0. The van der Waals surface area contributed by atoms with Gasteiger partial charge in [-0.1, -0.05) is 0 Å². The molecule has 0 spiro atoms. The minimum absolute atomic E-state index is 0.501. The molecule has 0 unspecified atom stereocenters. The summed E-state index contributed by atoms with van der Waals surface area (Å²) in [7, 11) is 0. The van der Waals surface area contributed by atoms with E-state index in [-0.39, 0.29) is 0 Å². The summed E-state index contributed by atoms with van der Waals surface area (Å²) in [5, 5.41) is 1.15. The Morgan fingerprint density at radius 1 is 1.32 bits per heavy atom. The first-order valence-electron chi connectivity index (χ1n) is 6.35. The van der Waals surface area contributed by atoms with Crippen LogP contribution in [0.5, 0.6) is 0 Å². The van der Waals surface area contributed by atoms with Gasteiger partial charge >= 0.3 is 0 Å². The van der Waals surface area contributed by atoms with E-state index in [1.807, 2.05) is 11.8 Å². The van der Waals surface area contributed by atoms with E-state index in [9.17, 15) is 0 Å². The molecule has 2 aromatic heterocycles. The van der Waals surface area contributed by atoms with Crippen LogP contribution in [0.4, 0.5) is 11.8 Å². The number of nitrogens with one attached hydrogen (secondary N) is 1. The Morgan fingerprint density at radius 2 is 2.21 bits per heavy atom. The van der Waals surface area contributed by atoms with Crippen LogP contribution in [0, 0.1) is 6.92 Å². The Kier molecular flexibility index (Phi) is 3.76. The monoisotopic (exact) mass is 295 g/mol. The molecule has 102 valence electrons. The molecule has 1 aliphatic rings. The van der Waals surface area contributed by atoms with Crippen LogP contribution in [0.25, 0.3) is 10.2 Å². The number of hydrogen-bond acceptors (Lipinski definition) is 7. The first-order chi connectivity index (χ1) is 9.28. The fourth-order valence-corrected chi connectivity index (χ4v) is 4.05. The quantitative estimate of drug-likeness (QED) is 0.654. The maximum atomic E-state index is 5.48. The van der Waals surface area contributed by atoms with Crippen molar-refractivity contribution in [2.75, 3.05) is 34.9 Å². The van der Waals surface area contributed by atoms with Gasteiger partial charge in [-0.15, -0.1) is 11.3 Å². The summed E-state index contributed by atoms with van der Waals surface area (Å²) in [5.41, 5.74) is 2.58.